The molecular formula is C25H22ClN5OS. The SMILES string of the molecule is CCc1ccc(/C=N\NC(=O)CSc2nnc(-c3ccc(Cl)cc3)n2-c2ccccc2)cc1. The molecule has 0 saturated heterocycles. The van der Waals surface area contributed by atoms with Crippen molar-refractivity contribution in [2.75, 3.05) is 5.75 Å². The van der Waals surface area contributed by atoms with Crippen LogP contribution in [0.3, 0.4) is 0 Å². The molecule has 0 bridgehead atoms. The Morgan fingerprint density at radius 3 is 2.45 bits per heavy atom. The summed E-state index contributed by atoms with van der Waals surface area (Å²) in [7, 11) is 0. The van der Waals surface area contributed by atoms with E-state index in [-0.39, 0.29) is 11.7 Å². The molecule has 4 rings (SSSR count). The molecule has 0 fully saturated rings. The number of amides is 1. The summed E-state index contributed by atoms with van der Waals surface area (Å²) in [6.45, 7) is 2.11. The van der Waals surface area contributed by atoms with Crippen LogP contribution in [0.15, 0.2) is 89.1 Å². The van der Waals surface area contributed by atoms with Crippen molar-refractivity contribution in [2.24, 2.45) is 5.10 Å². The average molecular weight is 476 g/mol. The van der Waals surface area contributed by atoms with Crippen LogP contribution >= 0.6 is 23.4 Å². The number of carbonyl (C=O) groups is 1. The summed E-state index contributed by atoms with van der Waals surface area (Å²) in [6, 6.07) is 25.3. The van der Waals surface area contributed by atoms with Gasteiger partial charge >= 0.3 is 0 Å². The first-order valence-electron chi connectivity index (χ1n) is 10.4. The Bertz CT molecular complexity index is 1240. The molecule has 0 unspecified atom stereocenters. The quantitative estimate of drug-likeness (QED) is 0.210. The van der Waals surface area contributed by atoms with Crippen molar-refractivity contribution in [1.29, 1.82) is 0 Å². The molecule has 0 aliphatic carbocycles. The highest BCUT2D eigenvalue weighted by Crippen LogP contribution is 2.28. The second-order valence-corrected chi connectivity index (χ2v) is 8.54. The van der Waals surface area contributed by atoms with Gasteiger partial charge in [-0.3, -0.25) is 9.36 Å². The predicted molar refractivity (Wildman–Crippen MR) is 134 cm³/mol. The van der Waals surface area contributed by atoms with Crippen molar-refractivity contribution < 1.29 is 4.79 Å². The summed E-state index contributed by atoms with van der Waals surface area (Å²) in [5.41, 5.74) is 6.54. The lowest BCUT2D eigenvalue weighted by atomic mass is 10.1. The third-order valence-electron chi connectivity index (χ3n) is 4.87. The molecule has 166 valence electrons. The zero-order chi connectivity index (χ0) is 23.0. The van der Waals surface area contributed by atoms with Crippen molar-refractivity contribution in [1.82, 2.24) is 20.2 Å². The summed E-state index contributed by atoms with van der Waals surface area (Å²) < 4.78 is 1.93. The van der Waals surface area contributed by atoms with Gasteiger partial charge in [0, 0.05) is 16.3 Å². The Kier molecular flexibility index (Phi) is 7.55. The summed E-state index contributed by atoms with van der Waals surface area (Å²) in [5.74, 6) is 0.601. The van der Waals surface area contributed by atoms with E-state index in [4.69, 9.17) is 11.6 Å². The van der Waals surface area contributed by atoms with E-state index in [1.807, 2.05) is 83.4 Å². The number of nitrogens with one attached hydrogen (secondary N) is 1. The van der Waals surface area contributed by atoms with Crippen molar-refractivity contribution in [3.05, 3.63) is 95.0 Å². The van der Waals surface area contributed by atoms with E-state index < -0.39 is 0 Å². The van der Waals surface area contributed by atoms with E-state index in [9.17, 15) is 4.79 Å². The number of benzene rings is 3. The molecular weight excluding hydrogens is 454 g/mol. The number of hydrogen-bond donors (Lipinski definition) is 1. The highest BCUT2D eigenvalue weighted by molar-refractivity contribution is 7.99. The highest BCUT2D eigenvalue weighted by Gasteiger charge is 2.17. The monoisotopic (exact) mass is 475 g/mol. The van der Waals surface area contributed by atoms with Crippen molar-refractivity contribution in [3.8, 4) is 17.1 Å². The van der Waals surface area contributed by atoms with Gasteiger partial charge in [0.15, 0.2) is 11.0 Å². The summed E-state index contributed by atoms with van der Waals surface area (Å²) in [5, 5.41) is 14.0. The van der Waals surface area contributed by atoms with E-state index in [1.54, 1.807) is 6.21 Å². The van der Waals surface area contributed by atoms with Crippen LogP contribution in [-0.4, -0.2) is 32.6 Å². The number of nitrogens with zero attached hydrogens (tertiary/aromatic N) is 4. The Hall–Kier alpha value is -3.42. The normalized spacial score (nSPS) is 11.1. The van der Waals surface area contributed by atoms with Crippen LogP contribution in [0.25, 0.3) is 17.1 Å². The van der Waals surface area contributed by atoms with E-state index in [1.165, 1.54) is 17.3 Å². The van der Waals surface area contributed by atoms with Crippen molar-refractivity contribution in [3.63, 3.8) is 0 Å². The average Bonchev–Trinajstić information content (AvgIpc) is 3.28. The predicted octanol–water partition coefficient (Wildman–Crippen LogP) is 5.39. The maximum Gasteiger partial charge on any atom is 0.250 e. The van der Waals surface area contributed by atoms with E-state index in [2.05, 4.69) is 27.6 Å². The molecule has 8 heteroatoms. The molecule has 0 radical (unpaired) electrons. The minimum absolute atomic E-state index is 0.150. The molecule has 1 amide bonds. The van der Waals surface area contributed by atoms with Crippen LogP contribution in [0, 0.1) is 0 Å². The van der Waals surface area contributed by atoms with Gasteiger partial charge in [-0.1, -0.05) is 72.8 Å². The summed E-state index contributed by atoms with van der Waals surface area (Å²) in [6.07, 6.45) is 2.62. The van der Waals surface area contributed by atoms with Crippen LogP contribution < -0.4 is 5.43 Å². The molecule has 3 aromatic carbocycles. The van der Waals surface area contributed by atoms with Crippen LogP contribution in [0.4, 0.5) is 0 Å². The number of carbonyl (C=O) groups excluding carboxylic acids is 1. The fourth-order valence-corrected chi connectivity index (χ4v) is 4.01. The van der Waals surface area contributed by atoms with Gasteiger partial charge in [0.05, 0.1) is 12.0 Å². The lowest BCUT2D eigenvalue weighted by molar-refractivity contribution is -0.118. The first-order valence-corrected chi connectivity index (χ1v) is 11.8. The minimum atomic E-state index is -0.225. The molecule has 6 nitrogen and oxygen atoms in total. The summed E-state index contributed by atoms with van der Waals surface area (Å²) >= 11 is 7.33. The number of thioether (sulfide) groups is 1. The summed E-state index contributed by atoms with van der Waals surface area (Å²) in [4.78, 5) is 12.4. The third kappa shape index (κ3) is 5.88. The number of rotatable bonds is 8. The molecule has 4 aromatic rings. The molecule has 33 heavy (non-hydrogen) atoms. The van der Waals surface area contributed by atoms with Crippen LogP contribution in [0.1, 0.15) is 18.1 Å². The molecule has 1 N–H and O–H groups in total. The van der Waals surface area contributed by atoms with E-state index in [0.29, 0.717) is 16.0 Å². The van der Waals surface area contributed by atoms with Crippen LogP contribution in [-0.2, 0) is 11.2 Å². The largest absolute Gasteiger partial charge is 0.272 e. The van der Waals surface area contributed by atoms with Crippen LogP contribution in [0.5, 0.6) is 0 Å². The number of aromatic nitrogens is 3. The fourth-order valence-electron chi connectivity index (χ4n) is 3.14. The number of hydrazone groups is 1. The zero-order valence-electron chi connectivity index (χ0n) is 18.0. The van der Waals surface area contributed by atoms with Gasteiger partial charge in [-0.25, -0.2) is 5.43 Å². The first-order chi connectivity index (χ1) is 16.1. The van der Waals surface area contributed by atoms with E-state index in [0.717, 1.165) is 23.2 Å². The maximum atomic E-state index is 12.4. The second-order valence-electron chi connectivity index (χ2n) is 7.16. The van der Waals surface area contributed by atoms with Gasteiger partial charge in [-0.15, -0.1) is 10.2 Å². The maximum absolute atomic E-state index is 12.4. The van der Waals surface area contributed by atoms with Gasteiger partial charge in [0.1, 0.15) is 0 Å². The van der Waals surface area contributed by atoms with E-state index >= 15 is 0 Å². The Labute approximate surface area is 201 Å². The number of aryl methyl sites for hydroxylation is 1. The number of halogens is 1. The van der Waals surface area contributed by atoms with Gasteiger partial charge in [0.25, 0.3) is 5.91 Å². The second kappa shape index (κ2) is 10.9. The first kappa shape index (κ1) is 22.8. The molecule has 1 aromatic heterocycles. The Morgan fingerprint density at radius 2 is 1.76 bits per heavy atom. The van der Waals surface area contributed by atoms with Crippen LogP contribution in [0.2, 0.25) is 5.02 Å². The smallest absolute Gasteiger partial charge is 0.250 e. The van der Waals surface area contributed by atoms with Gasteiger partial charge in [-0.2, -0.15) is 5.10 Å². The lowest BCUT2D eigenvalue weighted by Gasteiger charge is -2.10. The minimum Gasteiger partial charge on any atom is -0.272 e. The molecule has 1 heterocycles. The molecule has 0 spiro atoms. The van der Waals surface area contributed by atoms with Gasteiger partial charge in [0.2, 0.25) is 0 Å². The Balaban J connectivity index is 1.46. The highest BCUT2D eigenvalue weighted by atomic mass is 35.5. The number of hydrogen-bond acceptors (Lipinski definition) is 5. The lowest BCUT2D eigenvalue weighted by Crippen LogP contribution is -2.20. The fraction of sp³-hybridized carbons (Fsp3) is 0.120. The third-order valence-corrected chi connectivity index (χ3v) is 6.05. The standard InChI is InChI=1S/C25H22ClN5OS/c1-2-18-8-10-19(11-9-18)16-27-28-23(32)17-33-25-30-29-24(20-12-14-21(26)15-13-20)31(25)22-6-4-3-5-7-22/h3-16H,2,17H2,1H3,(H,28,32)/b27-16-. The number of para-hydroxylation sites is 1. The molecule has 0 atom stereocenters. The molecule has 0 aliphatic rings. The Morgan fingerprint density at radius 1 is 1.03 bits per heavy atom. The molecule has 0 saturated carbocycles. The van der Waals surface area contributed by atoms with Gasteiger partial charge < -0.3 is 0 Å². The topological polar surface area (TPSA) is 72.2 Å². The van der Waals surface area contributed by atoms with Crippen molar-refractivity contribution >= 4 is 35.5 Å². The van der Waals surface area contributed by atoms with Crippen molar-refractivity contribution in [2.45, 2.75) is 18.5 Å². The van der Waals surface area contributed by atoms with Gasteiger partial charge in [-0.05, 0) is 53.9 Å². The zero-order valence-corrected chi connectivity index (χ0v) is 19.6. The molecule has 0 aliphatic heterocycles.